The number of amides is 2. The highest BCUT2D eigenvalue weighted by atomic mass is 32.1. The molecule has 9 fully saturated rings. The van der Waals surface area contributed by atoms with Crippen LogP contribution in [0.4, 0.5) is 0 Å². The molecule has 3 aromatic heterocycles. The monoisotopic (exact) mass is 891 g/mol. The van der Waals surface area contributed by atoms with Crippen molar-refractivity contribution in [1.82, 2.24) is 35.2 Å². The van der Waals surface area contributed by atoms with Gasteiger partial charge in [-0.2, -0.15) is 0 Å². The van der Waals surface area contributed by atoms with Gasteiger partial charge in [0.25, 0.3) is 11.8 Å². The molecular formula is C48H57N7O8S. The Kier molecular flexibility index (Phi) is 9.56. The van der Waals surface area contributed by atoms with Gasteiger partial charge in [0.1, 0.15) is 22.7 Å². The smallest absolute Gasteiger partial charge is 0.325 e. The van der Waals surface area contributed by atoms with Crippen LogP contribution in [0.25, 0.3) is 33.4 Å². The number of likely N-dealkylation sites (tertiary alicyclic amines) is 1. The molecule has 1 aromatic carbocycles. The van der Waals surface area contributed by atoms with E-state index in [0.717, 1.165) is 49.7 Å². The zero-order chi connectivity index (χ0) is 43.9. The number of benzene rings is 1. The Balaban J connectivity index is 1.02. The average molecular weight is 892 g/mol. The highest BCUT2D eigenvalue weighted by Gasteiger charge is 2.62. The minimum Gasteiger partial charge on any atom is -0.464 e. The third kappa shape index (κ3) is 6.37. The fourth-order valence-corrected chi connectivity index (χ4v) is 12.9. The lowest BCUT2D eigenvalue weighted by molar-refractivity contribution is -0.204. The van der Waals surface area contributed by atoms with E-state index in [2.05, 4.69) is 63.7 Å². The topological polar surface area (TPSA) is 159 Å². The summed E-state index contributed by atoms with van der Waals surface area (Å²) in [5.74, 6) is -0.545. The van der Waals surface area contributed by atoms with Crippen LogP contribution in [0.5, 0.6) is 0 Å². The number of ether oxygens (including phenoxy) is 5. The maximum Gasteiger partial charge on any atom is 0.325 e. The number of esters is 1. The maximum atomic E-state index is 15.4. The Bertz CT molecular complexity index is 2550. The molecule has 11 heterocycles. The summed E-state index contributed by atoms with van der Waals surface area (Å²) in [6.07, 6.45) is 4.77. The fourth-order valence-electron chi connectivity index (χ4n) is 11.9. The molecule has 2 saturated carbocycles. The molecule has 2 N–H and O–H groups in total. The maximum absolute atomic E-state index is 15.4. The van der Waals surface area contributed by atoms with Crippen LogP contribution in [0, 0.1) is 22.7 Å². The number of hydrogen-bond acceptors (Lipinski definition) is 13. The number of hydrazine groups is 1. The van der Waals surface area contributed by atoms with Crippen molar-refractivity contribution in [3.63, 3.8) is 0 Å². The fraction of sp³-hybridized carbons (Fsp3) is 0.604. The number of cyclic esters (lactones) is 1. The summed E-state index contributed by atoms with van der Waals surface area (Å²) in [6, 6.07) is 8.39. The van der Waals surface area contributed by atoms with Gasteiger partial charge in [0, 0.05) is 70.7 Å². The molecule has 0 radical (unpaired) electrons. The average Bonchev–Trinajstić information content (AvgIpc) is 3.98. The van der Waals surface area contributed by atoms with E-state index in [9.17, 15) is 9.59 Å². The van der Waals surface area contributed by atoms with E-state index in [4.69, 9.17) is 33.7 Å². The summed E-state index contributed by atoms with van der Waals surface area (Å²) >= 11 is 1.52. The summed E-state index contributed by atoms with van der Waals surface area (Å²) < 4.78 is 32.4. The van der Waals surface area contributed by atoms with E-state index in [0.29, 0.717) is 77.5 Å². The molecule has 8 aliphatic heterocycles. The number of aromatic nitrogens is 3. The molecule has 64 heavy (non-hydrogen) atoms. The summed E-state index contributed by atoms with van der Waals surface area (Å²) in [6.45, 7) is 12.4. The summed E-state index contributed by atoms with van der Waals surface area (Å²) in [4.78, 5) is 56.8. The minimum absolute atomic E-state index is 0.0152. The number of thiazole rings is 1. The van der Waals surface area contributed by atoms with Gasteiger partial charge in [-0.25, -0.2) is 10.4 Å². The number of nitrogens with zero attached hydrogens (tertiary/aromatic N) is 5. The summed E-state index contributed by atoms with van der Waals surface area (Å²) in [5.41, 5.74) is 8.78. The molecule has 5 atom stereocenters. The van der Waals surface area contributed by atoms with Gasteiger partial charge in [0.15, 0.2) is 0 Å². The van der Waals surface area contributed by atoms with E-state index < -0.39 is 29.1 Å². The molecular weight excluding hydrogens is 835 g/mol. The number of hydrogen-bond donors (Lipinski definition) is 2. The van der Waals surface area contributed by atoms with Crippen molar-refractivity contribution in [2.45, 2.75) is 108 Å². The quantitative estimate of drug-likeness (QED) is 0.236. The van der Waals surface area contributed by atoms with Crippen LogP contribution in [0.15, 0.2) is 41.9 Å². The molecule has 2 amide bonds. The van der Waals surface area contributed by atoms with Crippen molar-refractivity contribution in [2.75, 3.05) is 53.2 Å². The van der Waals surface area contributed by atoms with Crippen LogP contribution in [0.2, 0.25) is 0 Å². The number of methoxy groups -OCH3 is 1. The third-order valence-electron chi connectivity index (χ3n) is 15.8. The van der Waals surface area contributed by atoms with E-state index >= 15 is 4.79 Å². The van der Waals surface area contributed by atoms with Gasteiger partial charge in [-0.3, -0.25) is 29.3 Å². The highest BCUT2D eigenvalue weighted by molar-refractivity contribution is 7.10. The van der Waals surface area contributed by atoms with Gasteiger partial charge in [0.2, 0.25) is 0 Å². The first-order chi connectivity index (χ1) is 30.8. The minimum atomic E-state index is -1.00. The second kappa shape index (κ2) is 14.9. The van der Waals surface area contributed by atoms with Crippen LogP contribution >= 0.6 is 11.3 Å². The van der Waals surface area contributed by atoms with Crippen LogP contribution in [-0.4, -0.2) is 125 Å². The molecule has 2 aliphatic carbocycles. The van der Waals surface area contributed by atoms with Gasteiger partial charge in [-0.05, 0) is 87.6 Å². The normalized spacial score (nSPS) is 33.3. The Morgan fingerprint density at radius 3 is 2.53 bits per heavy atom. The molecule has 0 unspecified atom stereocenters. The third-order valence-corrected chi connectivity index (χ3v) is 16.8. The molecule has 1 spiro atoms. The lowest BCUT2D eigenvalue weighted by Crippen LogP contribution is -2.74. The van der Waals surface area contributed by atoms with Crippen LogP contribution < -0.4 is 10.7 Å². The molecule has 338 valence electrons. The van der Waals surface area contributed by atoms with Gasteiger partial charge in [0.05, 0.1) is 74.4 Å². The first kappa shape index (κ1) is 41.2. The largest absolute Gasteiger partial charge is 0.464 e. The number of fused-ring (bicyclic) bond motifs is 5. The molecule has 14 rings (SSSR count). The number of carbonyl (C=O) groups excluding carboxylic acids is 3. The summed E-state index contributed by atoms with van der Waals surface area (Å²) in [5, 5.41) is 8.84. The van der Waals surface area contributed by atoms with Crippen molar-refractivity contribution in [2.24, 2.45) is 22.7 Å². The Morgan fingerprint density at radius 1 is 1.05 bits per heavy atom. The molecule has 7 saturated heterocycles. The lowest BCUT2D eigenvalue weighted by Gasteiger charge is -2.58. The Hall–Kier alpha value is -4.29. The van der Waals surface area contributed by atoms with Crippen molar-refractivity contribution in [3.05, 3.63) is 58.2 Å². The summed E-state index contributed by atoms with van der Waals surface area (Å²) in [7, 11) is 1.71. The highest BCUT2D eigenvalue weighted by Crippen LogP contribution is 2.53. The van der Waals surface area contributed by atoms with Crippen LogP contribution in [-0.2, 0) is 44.5 Å². The molecule has 10 bridgehead atoms. The standard InChI is InChI=1S/C48H57N7O8S/c1-25-29-14-48(15-29,63-25)45(58)51-39-41(53-20-47(21-53)23-61-24-47)42-50-35(19-64-42)27-8-9-36-33(13-27)34(40(54(36)31-17-60-18-31)32-7-6-10-49-37(32)26(2)59-5)16-46(3,4)22-62-44(57)38-28-11-30(12-28)55(52-38)43(39)56/h6-10,13,19,25-26,28-31,38-39,41,52H,11-12,14-18,20-24H2,1-5H3,(H,51,58)/t25-,26+,28?,29?,30?,38+,39+,41+,48?/m1/s1. The Morgan fingerprint density at radius 2 is 1.84 bits per heavy atom. The predicted molar refractivity (Wildman–Crippen MR) is 236 cm³/mol. The van der Waals surface area contributed by atoms with Gasteiger partial charge >= 0.3 is 5.97 Å². The number of nitrogens with one attached hydrogen (secondary N) is 2. The van der Waals surface area contributed by atoms with E-state index in [1.54, 1.807) is 12.1 Å². The second-order valence-electron chi connectivity index (χ2n) is 20.9. The molecule has 15 nitrogen and oxygen atoms in total. The Labute approximate surface area is 376 Å². The van der Waals surface area contributed by atoms with Crippen molar-refractivity contribution < 1.29 is 38.1 Å². The number of pyridine rings is 1. The second-order valence-corrected chi connectivity index (χ2v) is 21.8. The first-order valence-corrected chi connectivity index (χ1v) is 24.0. The molecule has 4 aromatic rings. The SMILES string of the molecule is CO[C@@H](C)c1ncccc1-c1c2c3cc(ccc3n1C1COC1)-c1csc(n1)[C@@H](N1CC3(COC3)C1)[C@H](NC(=O)C13CC(C1)[C@@H](C)O3)C(=O)N1N[C@H](C(=O)OCC(C)(C)C2)C2CC1C2. The van der Waals surface area contributed by atoms with Gasteiger partial charge in [-0.15, -0.1) is 11.3 Å². The van der Waals surface area contributed by atoms with Crippen LogP contribution in [0.3, 0.4) is 0 Å². The van der Waals surface area contributed by atoms with Gasteiger partial charge in [-0.1, -0.05) is 19.9 Å². The van der Waals surface area contributed by atoms with Gasteiger partial charge < -0.3 is 33.6 Å². The number of carbonyl (C=O) groups is 3. The van der Waals surface area contributed by atoms with Crippen molar-refractivity contribution in [3.8, 4) is 22.5 Å². The zero-order valence-electron chi connectivity index (χ0n) is 37.1. The first-order valence-electron chi connectivity index (χ1n) is 23.1. The van der Waals surface area contributed by atoms with Crippen molar-refractivity contribution >= 4 is 40.0 Å². The van der Waals surface area contributed by atoms with E-state index in [1.165, 1.54) is 11.3 Å². The van der Waals surface area contributed by atoms with E-state index in [1.807, 2.05) is 26.1 Å². The molecule has 10 aliphatic rings. The lowest BCUT2D eigenvalue weighted by atomic mass is 9.71. The number of rotatable bonds is 7. The van der Waals surface area contributed by atoms with Crippen LogP contribution in [0.1, 0.15) is 87.8 Å². The predicted octanol–water partition coefficient (Wildman–Crippen LogP) is 5.15. The zero-order valence-corrected chi connectivity index (χ0v) is 37.9. The molecule has 16 heteroatoms. The van der Waals surface area contributed by atoms with Crippen molar-refractivity contribution in [1.29, 1.82) is 0 Å². The van der Waals surface area contributed by atoms with E-state index in [-0.39, 0.29) is 60.0 Å².